The molecule has 6 rings (SSSR count). The Morgan fingerprint density at radius 3 is 2.29 bits per heavy atom. The number of rotatable bonds is 14. The van der Waals surface area contributed by atoms with Gasteiger partial charge >= 0.3 is 12.1 Å². The number of nitrogens with one attached hydrogen (secondary N) is 4. The highest BCUT2D eigenvalue weighted by Crippen LogP contribution is 2.25. The lowest BCUT2D eigenvalue weighted by molar-refractivity contribution is -0.123. The monoisotopic (exact) mass is 847 g/mol. The number of carbonyl (C=O) groups excluding carboxylic acids is 5. The van der Waals surface area contributed by atoms with Gasteiger partial charge in [0.15, 0.2) is 0 Å². The lowest BCUT2D eigenvalue weighted by Crippen LogP contribution is -2.45. The minimum absolute atomic E-state index is 0.00639. The largest absolute Gasteiger partial charge is 0.492 e. The van der Waals surface area contributed by atoms with Crippen LogP contribution in [0.5, 0.6) is 5.75 Å². The molecule has 7 amide bonds. The smallest absolute Gasteiger partial charge is 0.328 e. The van der Waals surface area contributed by atoms with E-state index in [1.54, 1.807) is 18.3 Å². The van der Waals surface area contributed by atoms with Crippen LogP contribution in [-0.2, 0) is 32.5 Å². The summed E-state index contributed by atoms with van der Waals surface area (Å²) in [5.41, 5.74) is 3.41. The van der Waals surface area contributed by atoms with Crippen molar-refractivity contribution in [2.75, 3.05) is 38.2 Å². The van der Waals surface area contributed by atoms with Gasteiger partial charge in [0.05, 0.1) is 23.2 Å². The normalized spacial score (nSPS) is 19.1. The summed E-state index contributed by atoms with van der Waals surface area (Å²) < 4.78 is 32.9. The second-order valence-electron chi connectivity index (χ2n) is 14.9. The molecule has 1 saturated heterocycles. The van der Waals surface area contributed by atoms with Gasteiger partial charge in [-0.2, -0.15) is 0 Å². The van der Waals surface area contributed by atoms with Crippen molar-refractivity contribution in [1.29, 1.82) is 0 Å². The van der Waals surface area contributed by atoms with Crippen LogP contribution in [0.4, 0.5) is 20.2 Å². The van der Waals surface area contributed by atoms with Crippen molar-refractivity contribution < 1.29 is 37.1 Å². The molecule has 1 saturated carbocycles. The number of pyridine rings is 1. The number of carbonyl (C=O) groups is 5. The molecule has 59 heavy (non-hydrogen) atoms. The molecule has 1 aliphatic carbocycles. The highest BCUT2D eigenvalue weighted by molar-refractivity contribution is 8.15. The van der Waals surface area contributed by atoms with Gasteiger partial charge in [0.1, 0.15) is 18.2 Å². The average Bonchev–Trinajstić information content (AvgIpc) is 3.70. The minimum Gasteiger partial charge on any atom is -0.492 e. The number of hydrogen-bond donors (Lipinski definition) is 4. The van der Waals surface area contributed by atoms with Crippen LogP contribution in [0, 0.1) is 5.92 Å². The van der Waals surface area contributed by atoms with Gasteiger partial charge in [0, 0.05) is 31.4 Å². The molecular weight excluding hydrogens is 795 g/mol. The summed E-state index contributed by atoms with van der Waals surface area (Å²) in [7, 11) is -2.01. The van der Waals surface area contributed by atoms with Gasteiger partial charge in [-0.1, -0.05) is 55.9 Å². The van der Waals surface area contributed by atoms with E-state index in [2.05, 4.69) is 32.6 Å². The second kappa shape index (κ2) is 21.0. The Labute approximate surface area is 350 Å². The average molecular weight is 848 g/mol. The van der Waals surface area contributed by atoms with Gasteiger partial charge in [0.2, 0.25) is 5.91 Å². The Morgan fingerprint density at radius 2 is 1.68 bits per heavy atom. The molecule has 316 valence electrons. The summed E-state index contributed by atoms with van der Waals surface area (Å²) in [6, 6.07) is 18.4. The highest BCUT2D eigenvalue weighted by atomic mass is 32.2. The molecule has 17 heteroatoms. The van der Waals surface area contributed by atoms with E-state index in [9.17, 15) is 32.4 Å². The van der Waals surface area contributed by atoms with E-state index in [4.69, 9.17) is 4.74 Å². The van der Waals surface area contributed by atoms with E-state index in [1.165, 1.54) is 17.0 Å². The summed E-state index contributed by atoms with van der Waals surface area (Å²) in [6.07, 6.45) is 7.10. The van der Waals surface area contributed by atoms with Gasteiger partial charge in [-0.05, 0) is 111 Å². The number of urea groups is 2. The first-order valence-corrected chi connectivity index (χ1v) is 22.1. The van der Waals surface area contributed by atoms with Crippen LogP contribution in [0.2, 0.25) is 0 Å². The molecule has 3 heterocycles. The molecule has 3 aliphatic rings. The van der Waals surface area contributed by atoms with Crippen LogP contribution in [0.1, 0.15) is 64.0 Å². The van der Waals surface area contributed by atoms with Crippen LogP contribution < -0.4 is 30.3 Å². The topological polar surface area (TPSA) is 196 Å². The summed E-state index contributed by atoms with van der Waals surface area (Å²) in [5, 5.41) is 7.18. The molecule has 0 bridgehead atoms. The first kappa shape index (κ1) is 44.7. The number of hydrogen-bond acceptors (Lipinski definition) is 11. The standard InChI is InChI=1S/C24H34N4O5S.C18H19N3O3S/c1-4-21-17(3)15-28(22(21)29)24(31)25-14-13-18-7-11-20(12-8-18)34(32,33)27-23(30)26-19-9-5-16(2)6-10-19;1-21(16-4-2-3-9-19-16)10-11-24-14-7-5-13(6-8-14)12-15-17(22)20-18(23)25-15/h7-8,11-12,16,19H,4-6,9-10,13-15H2,1-3H3,(H,25,31)(H2,26,27,30);2-9,15H,10-12H2,1H3,(H,20,22,23). The SMILES string of the molecule is CCC1=C(C)CN(C(=O)NCCc2ccc(S(=O)(=O)NC(=O)NC3CCC(C)CC3)cc2)C1=O.CN(CCOc1ccc(CC2SC(=O)NC2=O)cc1)c1ccccn1. The molecule has 0 radical (unpaired) electrons. The van der Waals surface area contributed by atoms with Crippen molar-refractivity contribution in [2.45, 2.75) is 81.9 Å². The maximum absolute atomic E-state index is 12.5. The van der Waals surface area contributed by atoms with Crippen LogP contribution in [-0.4, -0.2) is 92.0 Å². The molecule has 2 fully saturated rings. The molecule has 1 unspecified atom stereocenters. The lowest BCUT2D eigenvalue weighted by atomic mass is 9.87. The molecular formula is C42H53N7O8S2. The predicted octanol–water partition coefficient (Wildman–Crippen LogP) is 5.56. The van der Waals surface area contributed by atoms with Crippen molar-refractivity contribution in [2.24, 2.45) is 5.92 Å². The van der Waals surface area contributed by atoms with Crippen molar-refractivity contribution >= 4 is 56.7 Å². The fourth-order valence-corrected chi connectivity index (χ4v) is 8.64. The van der Waals surface area contributed by atoms with Crippen molar-refractivity contribution in [3.63, 3.8) is 0 Å². The number of imide groups is 2. The number of aromatic nitrogens is 1. The van der Waals surface area contributed by atoms with Crippen molar-refractivity contribution in [1.82, 2.24) is 30.6 Å². The molecule has 15 nitrogen and oxygen atoms in total. The van der Waals surface area contributed by atoms with Gasteiger partial charge in [-0.3, -0.25) is 24.6 Å². The number of sulfonamides is 1. The highest BCUT2D eigenvalue weighted by Gasteiger charge is 2.32. The van der Waals surface area contributed by atoms with Crippen molar-refractivity contribution in [3.05, 3.63) is 95.2 Å². The third kappa shape index (κ3) is 13.0. The van der Waals surface area contributed by atoms with Gasteiger partial charge in [-0.25, -0.2) is 27.7 Å². The Bertz CT molecular complexity index is 2090. The van der Waals surface area contributed by atoms with Gasteiger partial charge in [-0.15, -0.1) is 0 Å². The van der Waals surface area contributed by atoms with Crippen LogP contribution in [0.25, 0.3) is 0 Å². The zero-order chi connectivity index (χ0) is 42.5. The van der Waals surface area contributed by atoms with E-state index in [0.29, 0.717) is 50.4 Å². The van der Waals surface area contributed by atoms with E-state index in [0.717, 1.165) is 72.3 Å². The third-order valence-corrected chi connectivity index (χ3v) is 12.7. The third-order valence-electron chi connectivity index (χ3n) is 10.4. The van der Waals surface area contributed by atoms with E-state index >= 15 is 0 Å². The summed E-state index contributed by atoms with van der Waals surface area (Å²) >= 11 is 1.05. The summed E-state index contributed by atoms with van der Waals surface area (Å²) in [6.45, 7) is 7.79. The number of likely N-dealkylation sites (N-methyl/N-ethyl adjacent to an activating group) is 1. The zero-order valence-corrected chi connectivity index (χ0v) is 35.5. The molecule has 2 aromatic carbocycles. The van der Waals surface area contributed by atoms with E-state index in [-0.39, 0.29) is 33.2 Å². The number of ether oxygens (including phenoxy) is 1. The first-order valence-electron chi connectivity index (χ1n) is 19.8. The number of amides is 7. The quantitative estimate of drug-likeness (QED) is 0.159. The maximum Gasteiger partial charge on any atom is 0.328 e. The van der Waals surface area contributed by atoms with E-state index < -0.39 is 22.1 Å². The van der Waals surface area contributed by atoms with Crippen molar-refractivity contribution in [3.8, 4) is 5.75 Å². The number of benzene rings is 2. The Kier molecular flexibility index (Phi) is 15.9. The van der Waals surface area contributed by atoms with Gasteiger partial charge in [0.25, 0.3) is 21.2 Å². The Hall–Kier alpha value is -5.42. The summed E-state index contributed by atoms with van der Waals surface area (Å²) in [5.74, 6) is 1.85. The fraction of sp³-hybridized carbons (Fsp3) is 0.429. The number of anilines is 1. The van der Waals surface area contributed by atoms with E-state index in [1.807, 2.05) is 68.3 Å². The Morgan fingerprint density at radius 1 is 0.983 bits per heavy atom. The van der Waals surface area contributed by atoms with Crippen LogP contribution in [0.3, 0.4) is 0 Å². The molecule has 4 N–H and O–H groups in total. The molecule has 0 spiro atoms. The molecule has 2 aliphatic heterocycles. The van der Waals surface area contributed by atoms with Crippen LogP contribution in [0.15, 0.2) is 89.0 Å². The fourth-order valence-electron chi connectivity index (χ4n) is 6.87. The number of nitrogens with zero attached hydrogens (tertiary/aromatic N) is 3. The van der Waals surface area contributed by atoms with Crippen LogP contribution >= 0.6 is 11.8 Å². The Balaban J connectivity index is 0.000000235. The zero-order valence-electron chi connectivity index (χ0n) is 33.9. The summed E-state index contributed by atoms with van der Waals surface area (Å²) in [4.78, 5) is 67.1. The number of thioether (sulfide) groups is 1. The second-order valence-corrected chi connectivity index (χ2v) is 17.7. The van der Waals surface area contributed by atoms with Gasteiger partial charge < -0.3 is 20.3 Å². The predicted molar refractivity (Wildman–Crippen MR) is 227 cm³/mol. The molecule has 1 atom stereocenters. The lowest BCUT2D eigenvalue weighted by Gasteiger charge is -2.26. The first-order chi connectivity index (χ1) is 28.2. The minimum atomic E-state index is -3.98. The maximum atomic E-state index is 12.5. The molecule has 3 aromatic rings. The molecule has 1 aromatic heterocycles.